The number of ether oxygens (including phenoxy) is 1. The summed E-state index contributed by atoms with van der Waals surface area (Å²) in [6, 6.07) is 4.92. The highest BCUT2D eigenvalue weighted by Crippen LogP contribution is 2.32. The number of benzene rings is 1. The fourth-order valence-electron chi connectivity index (χ4n) is 3.08. The van der Waals surface area contributed by atoms with Crippen molar-refractivity contribution in [3.05, 3.63) is 29.6 Å². The van der Waals surface area contributed by atoms with Gasteiger partial charge in [0.1, 0.15) is 0 Å². The van der Waals surface area contributed by atoms with Crippen LogP contribution in [-0.4, -0.2) is 18.3 Å². The molecule has 0 saturated heterocycles. The summed E-state index contributed by atoms with van der Waals surface area (Å²) in [6.45, 7) is 2.24. The minimum absolute atomic E-state index is 0.254. The van der Waals surface area contributed by atoms with Crippen LogP contribution in [0.2, 0.25) is 0 Å². The maximum atomic E-state index is 13.6. The number of methoxy groups -OCH3 is 1. The zero-order chi connectivity index (χ0) is 13.8. The summed E-state index contributed by atoms with van der Waals surface area (Å²) in [7, 11) is 1.45. The lowest BCUT2D eigenvalue weighted by atomic mass is 9.78. The molecule has 0 aliphatic heterocycles. The quantitative estimate of drug-likeness (QED) is 0.903. The molecule has 1 aromatic rings. The van der Waals surface area contributed by atoms with Crippen molar-refractivity contribution < 1.29 is 14.2 Å². The lowest BCUT2D eigenvalue weighted by Gasteiger charge is -2.30. The molecule has 0 heterocycles. The van der Waals surface area contributed by atoms with Gasteiger partial charge >= 0.3 is 0 Å². The molecule has 0 amide bonds. The standard InChI is InChI=1S/C16H23FO2/c1-11-4-3-5-13(8-11)15(18)10-12-6-7-16(19-2)14(17)9-12/h6-7,9,11,13,15,18H,3-5,8,10H2,1-2H3. The first-order valence-corrected chi connectivity index (χ1v) is 7.10. The Labute approximate surface area is 114 Å². The molecule has 0 aromatic heterocycles. The smallest absolute Gasteiger partial charge is 0.165 e. The van der Waals surface area contributed by atoms with E-state index in [2.05, 4.69) is 6.92 Å². The van der Waals surface area contributed by atoms with Crippen LogP contribution >= 0.6 is 0 Å². The molecule has 1 saturated carbocycles. The largest absolute Gasteiger partial charge is 0.494 e. The molecule has 19 heavy (non-hydrogen) atoms. The van der Waals surface area contributed by atoms with Gasteiger partial charge in [-0.3, -0.25) is 0 Å². The van der Waals surface area contributed by atoms with E-state index in [1.807, 2.05) is 6.07 Å². The number of hydrogen-bond donors (Lipinski definition) is 1. The summed E-state index contributed by atoms with van der Waals surface area (Å²) < 4.78 is 18.5. The Balaban J connectivity index is 1.98. The highest BCUT2D eigenvalue weighted by Gasteiger charge is 2.25. The van der Waals surface area contributed by atoms with Crippen LogP contribution in [0.25, 0.3) is 0 Å². The highest BCUT2D eigenvalue weighted by molar-refractivity contribution is 5.29. The second-order valence-corrected chi connectivity index (χ2v) is 5.77. The van der Waals surface area contributed by atoms with E-state index in [1.54, 1.807) is 6.07 Å². The average Bonchev–Trinajstić information content (AvgIpc) is 2.39. The Morgan fingerprint density at radius 1 is 1.42 bits per heavy atom. The molecule has 1 N–H and O–H groups in total. The first-order chi connectivity index (χ1) is 9.10. The molecule has 106 valence electrons. The Kier molecular flexibility index (Phi) is 4.81. The number of hydrogen-bond acceptors (Lipinski definition) is 2. The zero-order valence-electron chi connectivity index (χ0n) is 11.7. The van der Waals surface area contributed by atoms with Gasteiger partial charge in [-0.15, -0.1) is 0 Å². The third-order valence-corrected chi connectivity index (χ3v) is 4.18. The summed E-state index contributed by atoms with van der Waals surface area (Å²) in [6.07, 6.45) is 4.79. The van der Waals surface area contributed by atoms with Gasteiger partial charge < -0.3 is 9.84 Å². The maximum Gasteiger partial charge on any atom is 0.165 e. The normalized spacial score (nSPS) is 25.1. The van der Waals surface area contributed by atoms with E-state index in [9.17, 15) is 9.50 Å². The minimum Gasteiger partial charge on any atom is -0.494 e. The van der Waals surface area contributed by atoms with Crippen molar-refractivity contribution >= 4 is 0 Å². The van der Waals surface area contributed by atoms with Gasteiger partial charge in [0.2, 0.25) is 0 Å². The van der Waals surface area contributed by atoms with Crippen molar-refractivity contribution in [1.82, 2.24) is 0 Å². The van der Waals surface area contributed by atoms with E-state index in [1.165, 1.54) is 26.0 Å². The molecule has 3 atom stereocenters. The minimum atomic E-state index is -0.365. The molecule has 1 aliphatic rings. The summed E-state index contributed by atoms with van der Waals surface area (Å²) >= 11 is 0. The highest BCUT2D eigenvalue weighted by atomic mass is 19.1. The van der Waals surface area contributed by atoms with Crippen LogP contribution in [0.1, 0.15) is 38.2 Å². The van der Waals surface area contributed by atoms with Crippen LogP contribution in [0.3, 0.4) is 0 Å². The van der Waals surface area contributed by atoms with Crippen molar-refractivity contribution in [1.29, 1.82) is 0 Å². The van der Waals surface area contributed by atoms with Crippen LogP contribution in [0.15, 0.2) is 18.2 Å². The Morgan fingerprint density at radius 2 is 2.21 bits per heavy atom. The van der Waals surface area contributed by atoms with E-state index in [-0.39, 0.29) is 17.7 Å². The first kappa shape index (κ1) is 14.3. The molecule has 0 bridgehead atoms. The van der Waals surface area contributed by atoms with Crippen molar-refractivity contribution in [2.45, 2.75) is 45.1 Å². The van der Waals surface area contributed by atoms with Crippen molar-refractivity contribution in [2.75, 3.05) is 7.11 Å². The van der Waals surface area contributed by atoms with Gasteiger partial charge in [-0.2, -0.15) is 0 Å². The van der Waals surface area contributed by atoms with Crippen molar-refractivity contribution in [3.8, 4) is 5.75 Å². The van der Waals surface area contributed by atoms with Crippen LogP contribution in [0.5, 0.6) is 5.75 Å². The van der Waals surface area contributed by atoms with Gasteiger partial charge in [0.25, 0.3) is 0 Å². The molecular formula is C16H23FO2. The van der Waals surface area contributed by atoms with E-state index < -0.39 is 0 Å². The molecule has 1 aliphatic carbocycles. The second-order valence-electron chi connectivity index (χ2n) is 5.77. The first-order valence-electron chi connectivity index (χ1n) is 7.10. The SMILES string of the molecule is COc1ccc(CC(O)C2CCCC(C)C2)cc1F. The average molecular weight is 266 g/mol. The lowest BCUT2D eigenvalue weighted by molar-refractivity contribution is 0.0719. The third kappa shape index (κ3) is 3.69. The van der Waals surface area contributed by atoms with E-state index in [4.69, 9.17) is 4.74 Å². The maximum absolute atomic E-state index is 13.6. The number of aliphatic hydroxyl groups is 1. The van der Waals surface area contributed by atoms with Gasteiger partial charge in [0.05, 0.1) is 13.2 Å². The van der Waals surface area contributed by atoms with Gasteiger partial charge in [-0.05, 0) is 48.8 Å². The predicted octanol–water partition coefficient (Wildman–Crippen LogP) is 3.56. The van der Waals surface area contributed by atoms with Crippen LogP contribution in [-0.2, 0) is 6.42 Å². The van der Waals surface area contributed by atoms with Gasteiger partial charge in [-0.1, -0.05) is 25.8 Å². The molecule has 0 spiro atoms. The van der Waals surface area contributed by atoms with Crippen LogP contribution in [0, 0.1) is 17.7 Å². The number of rotatable bonds is 4. The molecular weight excluding hydrogens is 243 g/mol. The Hall–Kier alpha value is -1.09. The number of aliphatic hydroxyl groups excluding tert-OH is 1. The molecule has 3 unspecified atom stereocenters. The fourth-order valence-corrected chi connectivity index (χ4v) is 3.08. The summed E-state index contributed by atoms with van der Waals surface area (Å²) in [5.74, 6) is 0.948. The molecule has 1 aromatic carbocycles. The Morgan fingerprint density at radius 3 is 2.84 bits per heavy atom. The van der Waals surface area contributed by atoms with Crippen LogP contribution < -0.4 is 4.74 Å². The lowest BCUT2D eigenvalue weighted by Crippen LogP contribution is -2.27. The number of halogens is 1. The Bertz CT molecular complexity index is 419. The second kappa shape index (κ2) is 6.38. The van der Waals surface area contributed by atoms with Gasteiger partial charge in [0, 0.05) is 0 Å². The summed E-state index contributed by atoms with van der Waals surface area (Å²) in [5.41, 5.74) is 0.837. The molecule has 3 heteroatoms. The fraction of sp³-hybridized carbons (Fsp3) is 0.625. The predicted molar refractivity (Wildman–Crippen MR) is 73.8 cm³/mol. The summed E-state index contributed by atoms with van der Waals surface area (Å²) in [5, 5.41) is 10.3. The van der Waals surface area contributed by atoms with E-state index in [0.29, 0.717) is 18.3 Å². The molecule has 1 fully saturated rings. The molecule has 0 radical (unpaired) electrons. The van der Waals surface area contributed by atoms with E-state index >= 15 is 0 Å². The van der Waals surface area contributed by atoms with Crippen molar-refractivity contribution in [2.24, 2.45) is 11.8 Å². The van der Waals surface area contributed by atoms with Crippen LogP contribution in [0.4, 0.5) is 4.39 Å². The molecule has 2 rings (SSSR count). The zero-order valence-corrected chi connectivity index (χ0v) is 11.7. The monoisotopic (exact) mass is 266 g/mol. The van der Waals surface area contributed by atoms with E-state index in [0.717, 1.165) is 18.4 Å². The van der Waals surface area contributed by atoms with Gasteiger partial charge in [0.15, 0.2) is 11.6 Å². The topological polar surface area (TPSA) is 29.5 Å². The summed E-state index contributed by atoms with van der Waals surface area (Å²) in [4.78, 5) is 0. The third-order valence-electron chi connectivity index (χ3n) is 4.18. The van der Waals surface area contributed by atoms with Gasteiger partial charge in [-0.25, -0.2) is 4.39 Å². The molecule has 2 nitrogen and oxygen atoms in total. The van der Waals surface area contributed by atoms with Crippen molar-refractivity contribution in [3.63, 3.8) is 0 Å².